The van der Waals surface area contributed by atoms with Crippen LogP contribution in [0.5, 0.6) is 5.75 Å². The van der Waals surface area contributed by atoms with E-state index >= 15 is 0 Å². The van der Waals surface area contributed by atoms with Crippen LogP contribution in [0.4, 0.5) is 5.69 Å². The molecule has 0 bridgehead atoms. The van der Waals surface area contributed by atoms with Crippen LogP contribution in [-0.4, -0.2) is 35.6 Å². The van der Waals surface area contributed by atoms with E-state index < -0.39 is 5.97 Å². The molecule has 7 heteroatoms. The zero-order valence-corrected chi connectivity index (χ0v) is 18.0. The Morgan fingerprint density at radius 3 is 2.30 bits per heavy atom. The predicted molar refractivity (Wildman–Crippen MR) is 125 cm³/mol. The number of carboxylic acid groups (broad SMARTS) is 1. The van der Waals surface area contributed by atoms with E-state index in [1.807, 2.05) is 6.07 Å². The maximum absolute atomic E-state index is 13.0. The third-order valence-electron chi connectivity index (χ3n) is 5.24. The fourth-order valence-corrected chi connectivity index (χ4v) is 3.50. The largest absolute Gasteiger partial charge is 0.496 e. The lowest BCUT2D eigenvalue weighted by molar-refractivity contribution is -0.114. The van der Waals surface area contributed by atoms with Crippen molar-refractivity contribution in [3.63, 3.8) is 0 Å². The second kappa shape index (κ2) is 8.92. The molecule has 0 saturated carbocycles. The molecule has 4 rings (SSSR count). The molecular formula is C26H20N2O5. The number of anilines is 1. The third kappa shape index (κ3) is 4.29. The van der Waals surface area contributed by atoms with Crippen LogP contribution in [0.15, 0.2) is 83.5 Å². The van der Waals surface area contributed by atoms with Crippen LogP contribution in [-0.2, 0) is 4.79 Å². The minimum atomic E-state index is -1.04. The highest BCUT2D eigenvalue weighted by Gasteiger charge is 2.29. The molecule has 1 aliphatic heterocycles. The maximum atomic E-state index is 13.0. The molecule has 0 atom stereocenters. The Kier molecular flexibility index (Phi) is 5.87. The number of ether oxygens (including phenoxy) is 1. The van der Waals surface area contributed by atoms with Gasteiger partial charge in [0, 0.05) is 5.56 Å². The number of hydrazone groups is 1. The normalized spacial score (nSPS) is 14.4. The summed E-state index contributed by atoms with van der Waals surface area (Å²) in [5.41, 5.74) is 3.16. The van der Waals surface area contributed by atoms with Gasteiger partial charge in [-0.25, -0.2) is 4.79 Å². The Hall–Kier alpha value is -4.52. The number of ketones is 1. The summed E-state index contributed by atoms with van der Waals surface area (Å²) >= 11 is 0. The van der Waals surface area contributed by atoms with Crippen LogP contribution in [0, 0.1) is 0 Å². The quantitative estimate of drug-likeness (QED) is 0.452. The van der Waals surface area contributed by atoms with Gasteiger partial charge in [0.15, 0.2) is 5.78 Å². The van der Waals surface area contributed by atoms with Crippen molar-refractivity contribution in [1.82, 2.24) is 0 Å². The van der Waals surface area contributed by atoms with Crippen LogP contribution < -0.4 is 9.75 Å². The van der Waals surface area contributed by atoms with Crippen molar-refractivity contribution < 1.29 is 24.2 Å². The molecule has 7 nitrogen and oxygen atoms in total. The molecule has 1 amide bonds. The first kappa shape index (κ1) is 21.7. The summed E-state index contributed by atoms with van der Waals surface area (Å²) in [7, 11) is 1.49. The lowest BCUT2D eigenvalue weighted by Crippen LogP contribution is -2.21. The average Bonchev–Trinajstić information content (AvgIpc) is 3.12. The van der Waals surface area contributed by atoms with Gasteiger partial charge in [0.05, 0.1) is 35.2 Å². The van der Waals surface area contributed by atoms with Gasteiger partial charge in [-0.15, -0.1) is 0 Å². The number of hydrogen-bond donors (Lipinski definition) is 1. The van der Waals surface area contributed by atoms with Gasteiger partial charge < -0.3 is 9.84 Å². The SMILES string of the molecule is COc1cc(/C=C2/C(=O)N(c3ccc(C(=O)O)cc3)N=C2C)ccc1C(=O)c1ccccc1. The lowest BCUT2D eigenvalue weighted by Gasteiger charge is -2.12. The first-order chi connectivity index (χ1) is 15.9. The van der Waals surface area contributed by atoms with Crippen molar-refractivity contribution in [3.05, 3.63) is 101 Å². The Labute approximate surface area is 190 Å². The highest BCUT2D eigenvalue weighted by atomic mass is 16.5. The first-order valence-electron chi connectivity index (χ1n) is 10.1. The minimum absolute atomic E-state index is 0.124. The number of aromatic carboxylic acids is 1. The van der Waals surface area contributed by atoms with E-state index in [2.05, 4.69) is 5.10 Å². The van der Waals surface area contributed by atoms with E-state index in [-0.39, 0.29) is 17.3 Å². The summed E-state index contributed by atoms with van der Waals surface area (Å²) < 4.78 is 5.44. The number of nitrogens with zero attached hydrogens (tertiary/aromatic N) is 2. The lowest BCUT2D eigenvalue weighted by atomic mass is 9.99. The number of benzene rings is 3. The zero-order valence-electron chi connectivity index (χ0n) is 18.0. The summed E-state index contributed by atoms with van der Waals surface area (Å²) in [6.45, 7) is 1.72. The number of methoxy groups -OCH3 is 1. The summed E-state index contributed by atoms with van der Waals surface area (Å²) in [5, 5.41) is 14.6. The number of carbonyl (C=O) groups excluding carboxylic acids is 2. The van der Waals surface area contributed by atoms with Crippen LogP contribution in [0.3, 0.4) is 0 Å². The maximum Gasteiger partial charge on any atom is 0.335 e. The molecule has 33 heavy (non-hydrogen) atoms. The molecule has 0 unspecified atom stereocenters. The Morgan fingerprint density at radius 2 is 1.67 bits per heavy atom. The van der Waals surface area contributed by atoms with Gasteiger partial charge in [0.2, 0.25) is 0 Å². The van der Waals surface area contributed by atoms with Crippen molar-refractivity contribution >= 4 is 35.1 Å². The average molecular weight is 440 g/mol. The fourth-order valence-electron chi connectivity index (χ4n) is 3.50. The standard InChI is InChI=1S/C26H20N2O5/c1-16-22(25(30)28(27-16)20-11-9-19(10-12-20)26(31)32)14-17-8-13-21(23(15-17)33-2)24(29)18-6-4-3-5-7-18/h3-15H,1-2H3,(H,31,32)/b22-14+. The van der Waals surface area contributed by atoms with E-state index in [9.17, 15) is 14.4 Å². The Bertz CT molecular complexity index is 1310. The highest BCUT2D eigenvalue weighted by Crippen LogP contribution is 2.28. The number of amides is 1. The molecule has 0 saturated heterocycles. The highest BCUT2D eigenvalue weighted by molar-refractivity contribution is 6.32. The number of rotatable bonds is 6. The third-order valence-corrected chi connectivity index (χ3v) is 5.24. The van der Waals surface area contributed by atoms with Crippen molar-refractivity contribution in [3.8, 4) is 5.75 Å². The number of carbonyl (C=O) groups is 3. The Morgan fingerprint density at radius 1 is 0.970 bits per heavy atom. The second-order valence-electron chi connectivity index (χ2n) is 7.37. The van der Waals surface area contributed by atoms with E-state index in [4.69, 9.17) is 9.84 Å². The molecule has 0 aliphatic carbocycles. The molecular weight excluding hydrogens is 420 g/mol. The molecule has 1 N–H and O–H groups in total. The van der Waals surface area contributed by atoms with Crippen LogP contribution in [0.2, 0.25) is 0 Å². The number of carboxylic acids is 1. The van der Waals surface area contributed by atoms with Crippen molar-refractivity contribution in [2.24, 2.45) is 5.10 Å². The molecule has 0 spiro atoms. The van der Waals surface area contributed by atoms with Gasteiger partial charge in [0.1, 0.15) is 5.75 Å². The van der Waals surface area contributed by atoms with Gasteiger partial charge in [-0.3, -0.25) is 9.59 Å². The van der Waals surface area contributed by atoms with Gasteiger partial charge in [-0.2, -0.15) is 10.1 Å². The van der Waals surface area contributed by atoms with E-state index in [0.717, 1.165) is 0 Å². The van der Waals surface area contributed by atoms with Gasteiger partial charge in [-0.1, -0.05) is 36.4 Å². The topological polar surface area (TPSA) is 96.3 Å². The zero-order chi connectivity index (χ0) is 23.5. The molecule has 164 valence electrons. The minimum Gasteiger partial charge on any atom is -0.496 e. The summed E-state index contributed by atoms with van der Waals surface area (Å²) in [5.74, 6) is -1.13. The van der Waals surface area contributed by atoms with Gasteiger partial charge >= 0.3 is 5.97 Å². The molecule has 0 radical (unpaired) electrons. The first-order valence-corrected chi connectivity index (χ1v) is 10.1. The second-order valence-corrected chi connectivity index (χ2v) is 7.37. The van der Waals surface area contributed by atoms with E-state index in [1.165, 1.54) is 36.4 Å². The summed E-state index contributed by atoms with van der Waals surface area (Å²) in [6, 6.07) is 20.0. The van der Waals surface area contributed by atoms with Crippen molar-refractivity contribution in [2.45, 2.75) is 6.92 Å². The van der Waals surface area contributed by atoms with Crippen LogP contribution in [0.25, 0.3) is 6.08 Å². The van der Waals surface area contributed by atoms with Gasteiger partial charge in [0.25, 0.3) is 5.91 Å². The van der Waals surface area contributed by atoms with E-state index in [1.54, 1.807) is 55.5 Å². The summed E-state index contributed by atoms with van der Waals surface area (Å²) in [6.07, 6.45) is 1.69. The van der Waals surface area contributed by atoms with E-state index in [0.29, 0.717) is 39.4 Å². The molecule has 0 aromatic heterocycles. The smallest absolute Gasteiger partial charge is 0.335 e. The van der Waals surface area contributed by atoms with Crippen molar-refractivity contribution in [2.75, 3.05) is 12.1 Å². The molecule has 0 fully saturated rings. The van der Waals surface area contributed by atoms with Gasteiger partial charge in [-0.05, 0) is 55.0 Å². The van der Waals surface area contributed by atoms with Crippen molar-refractivity contribution in [1.29, 1.82) is 0 Å². The molecule has 3 aromatic rings. The van der Waals surface area contributed by atoms with Crippen LogP contribution in [0.1, 0.15) is 38.8 Å². The predicted octanol–water partition coefficient (Wildman–Crippen LogP) is 4.43. The number of hydrogen-bond acceptors (Lipinski definition) is 5. The van der Waals surface area contributed by atoms with Crippen LogP contribution >= 0.6 is 0 Å². The summed E-state index contributed by atoms with van der Waals surface area (Å²) in [4.78, 5) is 36.9. The molecule has 3 aromatic carbocycles. The Balaban J connectivity index is 1.62. The molecule has 1 aliphatic rings. The molecule has 1 heterocycles. The fraction of sp³-hybridized carbons (Fsp3) is 0.0769. The monoisotopic (exact) mass is 440 g/mol.